The predicted octanol–water partition coefficient (Wildman–Crippen LogP) is 0.117. The largest absolute Gasteiger partial charge is 0.366 e. The van der Waals surface area contributed by atoms with Gasteiger partial charge < -0.3 is 5.73 Å². The number of sulfone groups is 1. The third-order valence-corrected chi connectivity index (χ3v) is 4.43. The van der Waals surface area contributed by atoms with Crippen molar-refractivity contribution in [3.05, 3.63) is 23.9 Å². The number of aromatic nitrogens is 1. The van der Waals surface area contributed by atoms with Gasteiger partial charge in [-0.1, -0.05) is 0 Å². The Kier molecular flexibility index (Phi) is 2.22. The molecule has 5 nitrogen and oxygen atoms in total. The summed E-state index contributed by atoms with van der Waals surface area (Å²) in [6, 6.07) is 2.63. The van der Waals surface area contributed by atoms with Crippen LogP contribution in [-0.2, 0) is 9.84 Å². The number of hydrogen-bond acceptors (Lipinski definition) is 4. The van der Waals surface area contributed by atoms with E-state index in [0.29, 0.717) is 12.8 Å². The van der Waals surface area contributed by atoms with E-state index in [0.717, 1.165) is 0 Å². The minimum absolute atomic E-state index is 0.0544. The highest BCUT2D eigenvalue weighted by molar-refractivity contribution is 7.92. The lowest BCUT2D eigenvalue weighted by atomic mass is 10.3. The molecule has 0 aliphatic heterocycles. The number of carbonyl (C=O) groups is 1. The molecule has 0 bridgehead atoms. The van der Waals surface area contributed by atoms with Crippen LogP contribution in [0.5, 0.6) is 0 Å². The Morgan fingerprint density at radius 3 is 2.67 bits per heavy atom. The van der Waals surface area contributed by atoms with Gasteiger partial charge in [0, 0.05) is 11.8 Å². The van der Waals surface area contributed by atoms with E-state index in [9.17, 15) is 13.2 Å². The second-order valence-corrected chi connectivity index (χ2v) is 5.67. The molecule has 1 heterocycles. The summed E-state index contributed by atoms with van der Waals surface area (Å²) in [7, 11) is -3.34. The molecule has 1 aromatic heterocycles. The van der Waals surface area contributed by atoms with Gasteiger partial charge in [0.25, 0.3) is 0 Å². The lowest BCUT2D eigenvalue weighted by molar-refractivity contribution is 0.1000. The van der Waals surface area contributed by atoms with Gasteiger partial charge in [0.05, 0.1) is 5.25 Å². The van der Waals surface area contributed by atoms with Gasteiger partial charge in [-0.25, -0.2) is 13.4 Å². The fourth-order valence-corrected chi connectivity index (χ4v) is 2.86. The molecule has 15 heavy (non-hydrogen) atoms. The minimum Gasteiger partial charge on any atom is -0.366 e. The average Bonchev–Trinajstić information content (AvgIpc) is 3.01. The van der Waals surface area contributed by atoms with Gasteiger partial charge in [-0.3, -0.25) is 4.79 Å². The van der Waals surface area contributed by atoms with Crippen molar-refractivity contribution in [3.63, 3.8) is 0 Å². The second-order valence-electron chi connectivity index (χ2n) is 3.49. The molecule has 0 aromatic carbocycles. The number of amides is 1. The molecule has 2 N–H and O–H groups in total. The maximum atomic E-state index is 11.8. The maximum Gasteiger partial charge on any atom is 0.248 e. The first-order valence-electron chi connectivity index (χ1n) is 4.51. The van der Waals surface area contributed by atoms with Gasteiger partial charge in [0.1, 0.15) is 0 Å². The van der Waals surface area contributed by atoms with Crippen LogP contribution in [-0.4, -0.2) is 24.6 Å². The topological polar surface area (TPSA) is 90.1 Å². The first-order valence-corrected chi connectivity index (χ1v) is 6.06. The van der Waals surface area contributed by atoms with E-state index >= 15 is 0 Å². The molecular weight excluding hydrogens is 216 g/mol. The normalized spacial score (nSPS) is 16.3. The number of hydrogen-bond donors (Lipinski definition) is 1. The van der Waals surface area contributed by atoms with Gasteiger partial charge in [-0.15, -0.1) is 0 Å². The molecule has 80 valence electrons. The molecule has 0 saturated heterocycles. The van der Waals surface area contributed by atoms with Crippen molar-refractivity contribution in [1.29, 1.82) is 0 Å². The first-order chi connectivity index (χ1) is 7.01. The van der Waals surface area contributed by atoms with Crippen LogP contribution < -0.4 is 5.73 Å². The van der Waals surface area contributed by atoms with Crippen LogP contribution in [0.25, 0.3) is 0 Å². The van der Waals surface area contributed by atoms with E-state index in [1.165, 1.54) is 18.3 Å². The Morgan fingerprint density at radius 2 is 2.13 bits per heavy atom. The Bertz CT molecular complexity index is 506. The van der Waals surface area contributed by atoms with Crippen molar-refractivity contribution >= 4 is 15.7 Å². The zero-order valence-electron chi connectivity index (χ0n) is 7.88. The van der Waals surface area contributed by atoms with E-state index in [2.05, 4.69) is 4.98 Å². The van der Waals surface area contributed by atoms with E-state index in [-0.39, 0.29) is 15.8 Å². The van der Waals surface area contributed by atoms with Crippen LogP contribution in [0.4, 0.5) is 0 Å². The molecule has 1 fully saturated rings. The van der Waals surface area contributed by atoms with Crippen molar-refractivity contribution in [2.24, 2.45) is 5.73 Å². The molecule has 0 radical (unpaired) electrons. The third kappa shape index (κ3) is 1.85. The van der Waals surface area contributed by atoms with Crippen LogP contribution in [0, 0.1) is 0 Å². The standard InChI is InChI=1S/C9H10N2O3S/c10-9(12)6-3-4-11-8(5-6)15(13,14)7-1-2-7/h3-5,7H,1-2H2,(H2,10,12). The fraction of sp³-hybridized carbons (Fsp3) is 0.333. The second kappa shape index (κ2) is 3.30. The van der Waals surface area contributed by atoms with E-state index < -0.39 is 15.7 Å². The van der Waals surface area contributed by atoms with Gasteiger partial charge in [-0.2, -0.15) is 0 Å². The van der Waals surface area contributed by atoms with Crippen LogP contribution in [0.1, 0.15) is 23.2 Å². The Labute approximate surface area is 87.2 Å². The molecule has 1 aliphatic rings. The minimum atomic E-state index is -3.34. The molecular formula is C9H10N2O3S. The Morgan fingerprint density at radius 1 is 1.47 bits per heavy atom. The number of nitrogens with zero attached hydrogens (tertiary/aromatic N) is 1. The summed E-state index contributed by atoms with van der Waals surface area (Å²) in [4.78, 5) is 14.6. The van der Waals surface area contributed by atoms with Crippen LogP contribution in [0.15, 0.2) is 23.4 Å². The summed E-state index contributed by atoms with van der Waals surface area (Å²) in [6.07, 6.45) is 2.63. The van der Waals surface area contributed by atoms with Gasteiger partial charge in [0.2, 0.25) is 5.91 Å². The quantitative estimate of drug-likeness (QED) is 0.792. The maximum absolute atomic E-state index is 11.8. The summed E-state index contributed by atoms with van der Waals surface area (Å²) in [6.45, 7) is 0. The number of primary amides is 1. The molecule has 0 atom stereocenters. The zero-order valence-corrected chi connectivity index (χ0v) is 8.70. The SMILES string of the molecule is NC(=O)c1ccnc(S(=O)(=O)C2CC2)c1. The molecule has 1 amide bonds. The first kappa shape index (κ1) is 10.1. The number of rotatable bonds is 3. The summed E-state index contributed by atoms with van der Waals surface area (Å²) in [5.41, 5.74) is 5.23. The van der Waals surface area contributed by atoms with Gasteiger partial charge in [-0.05, 0) is 25.0 Å². The molecule has 6 heteroatoms. The third-order valence-electron chi connectivity index (χ3n) is 2.27. The monoisotopic (exact) mass is 226 g/mol. The number of carbonyl (C=O) groups excluding carboxylic acids is 1. The van der Waals surface area contributed by atoms with E-state index in [4.69, 9.17) is 5.73 Å². The smallest absolute Gasteiger partial charge is 0.248 e. The molecule has 1 aromatic rings. The summed E-state index contributed by atoms with van der Waals surface area (Å²) >= 11 is 0. The predicted molar refractivity (Wildman–Crippen MR) is 53.0 cm³/mol. The summed E-state index contributed by atoms with van der Waals surface area (Å²) < 4.78 is 23.5. The van der Waals surface area contributed by atoms with Crippen molar-refractivity contribution in [2.75, 3.05) is 0 Å². The van der Waals surface area contributed by atoms with Crippen molar-refractivity contribution in [2.45, 2.75) is 23.1 Å². The van der Waals surface area contributed by atoms with Crippen molar-refractivity contribution in [3.8, 4) is 0 Å². The lowest BCUT2D eigenvalue weighted by Gasteiger charge is -2.02. The highest BCUT2D eigenvalue weighted by Gasteiger charge is 2.37. The van der Waals surface area contributed by atoms with E-state index in [1.54, 1.807) is 0 Å². The van der Waals surface area contributed by atoms with Crippen molar-refractivity contribution in [1.82, 2.24) is 4.98 Å². The van der Waals surface area contributed by atoms with Gasteiger partial charge in [0.15, 0.2) is 14.9 Å². The molecule has 2 rings (SSSR count). The molecule has 1 saturated carbocycles. The van der Waals surface area contributed by atoms with Gasteiger partial charge >= 0.3 is 0 Å². The average molecular weight is 226 g/mol. The molecule has 0 spiro atoms. The Hall–Kier alpha value is -1.43. The molecule has 0 unspecified atom stereocenters. The number of nitrogens with two attached hydrogens (primary N) is 1. The van der Waals surface area contributed by atoms with Crippen LogP contribution in [0.2, 0.25) is 0 Å². The van der Waals surface area contributed by atoms with Crippen LogP contribution in [0.3, 0.4) is 0 Å². The van der Waals surface area contributed by atoms with Crippen molar-refractivity contribution < 1.29 is 13.2 Å². The lowest BCUT2D eigenvalue weighted by Crippen LogP contribution is -2.14. The number of pyridine rings is 1. The highest BCUT2D eigenvalue weighted by Crippen LogP contribution is 2.32. The summed E-state index contributed by atoms with van der Waals surface area (Å²) in [5, 5.41) is -0.380. The van der Waals surface area contributed by atoms with Crippen LogP contribution >= 0.6 is 0 Å². The zero-order chi connectivity index (χ0) is 11.1. The molecule has 1 aliphatic carbocycles. The van der Waals surface area contributed by atoms with E-state index in [1.807, 2.05) is 0 Å². The fourth-order valence-electron chi connectivity index (χ4n) is 1.27. The highest BCUT2D eigenvalue weighted by atomic mass is 32.2. The Balaban J connectivity index is 2.45. The summed E-state index contributed by atoms with van der Waals surface area (Å²) in [5.74, 6) is -0.648.